The maximum absolute atomic E-state index is 14.0. The fourth-order valence-corrected chi connectivity index (χ4v) is 3.46. The lowest BCUT2D eigenvalue weighted by Crippen LogP contribution is -2.58. The largest absolute Gasteiger partial charge is 0.458 e. The van der Waals surface area contributed by atoms with Crippen molar-refractivity contribution in [1.82, 2.24) is 5.32 Å². The molecule has 0 bridgehead atoms. The molecule has 1 unspecified atom stereocenters. The lowest BCUT2D eigenvalue weighted by molar-refractivity contribution is -0.289. The van der Waals surface area contributed by atoms with Gasteiger partial charge in [0.2, 0.25) is 5.72 Å². The molecule has 0 fully saturated rings. The molecule has 15 heteroatoms. The molecule has 0 saturated heterocycles. The fraction of sp³-hybridized carbons (Fsp3) is 0.280. The van der Waals surface area contributed by atoms with E-state index in [1.807, 2.05) is 0 Å². The third kappa shape index (κ3) is 6.99. The molecule has 2 N–H and O–H groups in total. The number of rotatable bonds is 8. The minimum Gasteiger partial charge on any atom is -0.457 e. The maximum Gasteiger partial charge on any atom is 0.458 e. The van der Waals surface area contributed by atoms with Gasteiger partial charge in [0.05, 0.1) is 5.56 Å². The van der Waals surface area contributed by atoms with Gasteiger partial charge in [-0.2, -0.15) is 48.3 Å². The van der Waals surface area contributed by atoms with Crippen molar-refractivity contribution in [3.05, 3.63) is 94.8 Å². The number of benzene rings is 3. The van der Waals surface area contributed by atoms with Gasteiger partial charge >= 0.3 is 24.5 Å². The van der Waals surface area contributed by atoms with Crippen LogP contribution < -0.4 is 10.1 Å². The third-order valence-corrected chi connectivity index (χ3v) is 5.56. The summed E-state index contributed by atoms with van der Waals surface area (Å²) in [5.41, 5.74) is -7.69. The molecule has 3 rings (SSSR count). The lowest BCUT2D eigenvalue weighted by Gasteiger charge is -2.32. The van der Waals surface area contributed by atoms with E-state index in [-0.39, 0.29) is 17.4 Å². The lowest BCUT2D eigenvalue weighted by atomic mass is 10.0. The number of aliphatic hydroxyl groups is 1. The second kappa shape index (κ2) is 10.8. The van der Waals surface area contributed by atoms with Crippen molar-refractivity contribution in [3.8, 4) is 11.5 Å². The Kier molecular flexibility index (Phi) is 8.42. The standard InChI is InChI=1S/C25H17F12NO2/c26-20-8-7-17(23(29,30)31)10-15(20)13-38-21(39,24(32,33)34)12-14-3-1-5-18(9-14)40-19-6-2-4-16(11-19)22(27,28)25(35,36)37/h1-11,38-39H,12-13H2. The highest BCUT2D eigenvalue weighted by molar-refractivity contribution is 5.38. The normalized spacial score (nSPS) is 14.6. The first-order valence-electron chi connectivity index (χ1n) is 10.9. The summed E-state index contributed by atoms with van der Waals surface area (Å²) in [7, 11) is 0. The van der Waals surface area contributed by atoms with Gasteiger partial charge in [0.1, 0.15) is 17.3 Å². The van der Waals surface area contributed by atoms with Crippen LogP contribution in [-0.2, 0) is 25.1 Å². The fourth-order valence-electron chi connectivity index (χ4n) is 3.46. The maximum atomic E-state index is 14.0. The summed E-state index contributed by atoms with van der Waals surface area (Å²) in [5, 5.41) is 12.0. The zero-order valence-electron chi connectivity index (χ0n) is 19.7. The molecule has 0 aliphatic heterocycles. The number of hydrogen-bond donors (Lipinski definition) is 2. The van der Waals surface area contributed by atoms with Crippen LogP contribution in [-0.4, -0.2) is 23.2 Å². The summed E-state index contributed by atoms with van der Waals surface area (Å²) in [5.74, 6) is -7.30. The molecule has 3 nitrogen and oxygen atoms in total. The van der Waals surface area contributed by atoms with E-state index in [0.717, 1.165) is 36.4 Å². The molecule has 0 spiro atoms. The second-order valence-corrected chi connectivity index (χ2v) is 8.54. The Morgan fingerprint density at radius 3 is 1.85 bits per heavy atom. The number of halogens is 12. The first-order chi connectivity index (χ1) is 18.2. The van der Waals surface area contributed by atoms with Crippen LogP contribution >= 0.6 is 0 Å². The minimum absolute atomic E-state index is 0.282. The summed E-state index contributed by atoms with van der Waals surface area (Å²) < 4.78 is 165. The predicted octanol–water partition coefficient (Wildman–Crippen LogP) is 7.87. The molecule has 0 aromatic heterocycles. The van der Waals surface area contributed by atoms with Crippen LogP contribution in [0.25, 0.3) is 0 Å². The van der Waals surface area contributed by atoms with E-state index in [0.29, 0.717) is 24.3 Å². The molecular weight excluding hydrogens is 574 g/mol. The van der Waals surface area contributed by atoms with Gasteiger partial charge in [-0.1, -0.05) is 24.3 Å². The van der Waals surface area contributed by atoms with E-state index in [1.165, 1.54) is 0 Å². The topological polar surface area (TPSA) is 41.5 Å². The Bertz CT molecular complexity index is 1330. The molecule has 0 amide bonds. The molecule has 3 aromatic rings. The summed E-state index contributed by atoms with van der Waals surface area (Å²) >= 11 is 0. The molecule has 3 aromatic carbocycles. The molecule has 0 aliphatic rings. The van der Waals surface area contributed by atoms with Crippen molar-refractivity contribution in [1.29, 1.82) is 0 Å². The molecule has 0 heterocycles. The van der Waals surface area contributed by atoms with E-state index in [9.17, 15) is 57.8 Å². The summed E-state index contributed by atoms with van der Waals surface area (Å²) in [6.07, 6.45) is -17.5. The van der Waals surface area contributed by atoms with Crippen molar-refractivity contribution < 1.29 is 62.5 Å². The van der Waals surface area contributed by atoms with Gasteiger partial charge in [-0.15, -0.1) is 0 Å². The van der Waals surface area contributed by atoms with Gasteiger partial charge in [0.15, 0.2) is 0 Å². The molecule has 218 valence electrons. The molecular formula is C25H17F12NO2. The molecule has 0 saturated carbocycles. The summed E-state index contributed by atoms with van der Waals surface area (Å²) in [6.45, 7) is -1.16. The Balaban J connectivity index is 1.83. The smallest absolute Gasteiger partial charge is 0.457 e. The number of ether oxygens (including phenoxy) is 1. The molecule has 1 atom stereocenters. The van der Waals surface area contributed by atoms with Gasteiger partial charge in [0.25, 0.3) is 0 Å². The van der Waals surface area contributed by atoms with Crippen molar-refractivity contribution in [3.63, 3.8) is 0 Å². The van der Waals surface area contributed by atoms with Crippen LogP contribution in [0.3, 0.4) is 0 Å². The Hall–Kier alpha value is -3.46. The summed E-state index contributed by atoms with van der Waals surface area (Å²) in [6, 6.07) is 8.07. The molecule has 40 heavy (non-hydrogen) atoms. The van der Waals surface area contributed by atoms with E-state index < -0.39 is 71.4 Å². The highest BCUT2D eigenvalue weighted by Crippen LogP contribution is 2.45. The van der Waals surface area contributed by atoms with E-state index in [2.05, 4.69) is 0 Å². The average Bonchev–Trinajstić information content (AvgIpc) is 2.82. The zero-order valence-corrected chi connectivity index (χ0v) is 19.7. The van der Waals surface area contributed by atoms with Gasteiger partial charge in [0, 0.05) is 24.1 Å². The highest BCUT2D eigenvalue weighted by atomic mass is 19.4. The third-order valence-electron chi connectivity index (χ3n) is 5.56. The molecule has 0 aliphatic carbocycles. The Morgan fingerprint density at radius 1 is 0.675 bits per heavy atom. The zero-order chi connectivity index (χ0) is 30.1. The molecule has 0 radical (unpaired) electrons. The average molecular weight is 591 g/mol. The Labute approximate surface area is 218 Å². The first kappa shape index (κ1) is 31.1. The van der Waals surface area contributed by atoms with Crippen molar-refractivity contribution in [2.45, 2.75) is 43.1 Å². The SMILES string of the molecule is OC(Cc1cccc(Oc2cccc(C(F)(F)C(F)(F)F)c2)c1)(NCc1cc(C(F)(F)F)ccc1F)C(F)(F)F. The van der Waals surface area contributed by atoms with E-state index >= 15 is 0 Å². The van der Waals surface area contributed by atoms with Crippen LogP contribution in [0.15, 0.2) is 66.7 Å². The highest BCUT2D eigenvalue weighted by Gasteiger charge is 2.58. The van der Waals surface area contributed by atoms with Crippen LogP contribution in [0, 0.1) is 5.82 Å². The van der Waals surface area contributed by atoms with E-state index in [4.69, 9.17) is 4.74 Å². The van der Waals surface area contributed by atoms with Gasteiger partial charge in [-0.25, -0.2) is 4.39 Å². The number of alkyl halides is 11. The quantitative estimate of drug-likeness (QED) is 0.207. The van der Waals surface area contributed by atoms with Crippen molar-refractivity contribution in [2.75, 3.05) is 0 Å². The number of nitrogens with one attached hydrogen (secondary N) is 1. The van der Waals surface area contributed by atoms with E-state index in [1.54, 1.807) is 5.32 Å². The summed E-state index contributed by atoms with van der Waals surface area (Å²) in [4.78, 5) is 0. The Morgan fingerprint density at radius 2 is 1.27 bits per heavy atom. The van der Waals surface area contributed by atoms with Gasteiger partial charge in [-0.05, 0) is 48.0 Å². The van der Waals surface area contributed by atoms with Gasteiger partial charge in [-0.3, -0.25) is 5.32 Å². The predicted molar refractivity (Wildman–Crippen MR) is 116 cm³/mol. The second-order valence-electron chi connectivity index (χ2n) is 8.54. The van der Waals surface area contributed by atoms with Crippen molar-refractivity contribution in [2.24, 2.45) is 0 Å². The van der Waals surface area contributed by atoms with Crippen LogP contribution in [0.5, 0.6) is 11.5 Å². The first-order valence-corrected chi connectivity index (χ1v) is 10.9. The van der Waals surface area contributed by atoms with Crippen LogP contribution in [0.1, 0.15) is 22.3 Å². The van der Waals surface area contributed by atoms with Crippen LogP contribution in [0.2, 0.25) is 0 Å². The number of hydrogen-bond acceptors (Lipinski definition) is 3. The monoisotopic (exact) mass is 591 g/mol. The van der Waals surface area contributed by atoms with Crippen molar-refractivity contribution >= 4 is 0 Å². The van der Waals surface area contributed by atoms with Crippen LogP contribution in [0.4, 0.5) is 52.7 Å². The van der Waals surface area contributed by atoms with Gasteiger partial charge < -0.3 is 9.84 Å². The minimum atomic E-state index is -5.91.